The fourth-order valence-electron chi connectivity index (χ4n) is 3.49. The average molecular weight is 352 g/mol. The standard InChI is InChI=1S/C15H15F3N6O/c16-15(17,18)8-22-14(25)23-5-1-2-9(23)11-6-20-12-7-21-13-10(24(11)12)3-4-19-13/h3-4,6-7,9,11H,1-2,5,8H2,(H,22,25). The molecule has 0 bridgehead atoms. The number of hydrogen-bond donors (Lipinski definition) is 1. The van der Waals surface area contributed by atoms with Crippen LogP contribution in [-0.2, 0) is 0 Å². The maximum atomic E-state index is 12.4. The number of likely N-dealkylation sites (tertiary alicyclic amines) is 1. The molecule has 0 aliphatic carbocycles. The first-order chi connectivity index (χ1) is 11.9. The van der Waals surface area contributed by atoms with E-state index >= 15 is 0 Å². The van der Waals surface area contributed by atoms with Crippen LogP contribution in [0.2, 0.25) is 0 Å². The second kappa shape index (κ2) is 5.71. The topological polar surface area (TPSA) is 75.4 Å². The van der Waals surface area contributed by atoms with Gasteiger partial charge >= 0.3 is 12.2 Å². The van der Waals surface area contributed by atoms with E-state index in [1.807, 2.05) is 16.0 Å². The Morgan fingerprint density at radius 3 is 3.00 bits per heavy atom. The third-order valence-electron chi connectivity index (χ3n) is 4.52. The maximum absolute atomic E-state index is 12.4. The van der Waals surface area contributed by atoms with Gasteiger partial charge in [-0.2, -0.15) is 13.2 Å². The number of urea groups is 1. The van der Waals surface area contributed by atoms with Crippen molar-refractivity contribution in [1.29, 1.82) is 0 Å². The van der Waals surface area contributed by atoms with Crippen LogP contribution in [-0.4, -0.2) is 57.0 Å². The zero-order valence-corrected chi connectivity index (χ0v) is 13.1. The zero-order valence-electron chi connectivity index (χ0n) is 13.1. The Morgan fingerprint density at radius 2 is 2.20 bits per heavy atom. The lowest BCUT2D eigenvalue weighted by molar-refractivity contribution is -0.123. The van der Waals surface area contributed by atoms with Crippen molar-refractivity contribution in [3.63, 3.8) is 0 Å². The van der Waals surface area contributed by atoms with Gasteiger partial charge in [0, 0.05) is 19.0 Å². The molecule has 0 saturated carbocycles. The molecule has 0 radical (unpaired) electrons. The molecule has 0 spiro atoms. The summed E-state index contributed by atoms with van der Waals surface area (Å²) in [6.07, 6.45) is 1.97. The third kappa shape index (κ3) is 2.81. The Balaban J connectivity index is 1.58. The minimum Gasteiger partial charge on any atom is -0.329 e. The molecular weight excluding hydrogens is 337 g/mol. The predicted octanol–water partition coefficient (Wildman–Crippen LogP) is 2.38. The molecule has 7 nitrogen and oxygen atoms in total. The zero-order chi connectivity index (χ0) is 17.6. The molecule has 4 heterocycles. The van der Waals surface area contributed by atoms with Crippen molar-refractivity contribution in [3.05, 3.63) is 18.5 Å². The van der Waals surface area contributed by atoms with Gasteiger partial charge in [-0.1, -0.05) is 0 Å². The van der Waals surface area contributed by atoms with E-state index < -0.39 is 18.8 Å². The second-order valence-corrected chi connectivity index (χ2v) is 6.09. The van der Waals surface area contributed by atoms with E-state index in [0.717, 1.165) is 12.1 Å². The van der Waals surface area contributed by atoms with Gasteiger partial charge in [-0.05, 0) is 18.9 Å². The molecule has 132 valence electrons. The first-order valence-corrected chi connectivity index (χ1v) is 7.91. The van der Waals surface area contributed by atoms with Crippen molar-refractivity contribution in [2.24, 2.45) is 4.99 Å². The molecule has 4 aliphatic heterocycles. The third-order valence-corrected chi connectivity index (χ3v) is 4.52. The second-order valence-electron chi connectivity index (χ2n) is 6.09. The van der Waals surface area contributed by atoms with Crippen molar-refractivity contribution in [2.75, 3.05) is 13.1 Å². The van der Waals surface area contributed by atoms with Crippen LogP contribution in [0, 0.1) is 0 Å². The van der Waals surface area contributed by atoms with Crippen molar-refractivity contribution in [2.45, 2.75) is 31.1 Å². The number of aliphatic imine (C=N–C) groups is 1. The summed E-state index contributed by atoms with van der Waals surface area (Å²) in [6, 6.07) is 0.608. The van der Waals surface area contributed by atoms with Crippen LogP contribution in [0.25, 0.3) is 11.5 Å². The normalized spacial score (nSPS) is 22.6. The number of fused-ring (bicyclic) bond motifs is 3. The molecule has 25 heavy (non-hydrogen) atoms. The number of aromatic nitrogens is 3. The van der Waals surface area contributed by atoms with Crippen LogP contribution in [0.5, 0.6) is 0 Å². The monoisotopic (exact) mass is 352 g/mol. The lowest BCUT2D eigenvalue weighted by Crippen LogP contribution is -2.48. The maximum Gasteiger partial charge on any atom is 0.405 e. The molecule has 0 aromatic heterocycles. The molecule has 1 fully saturated rings. The smallest absolute Gasteiger partial charge is 0.329 e. The van der Waals surface area contributed by atoms with E-state index in [4.69, 9.17) is 0 Å². The quantitative estimate of drug-likeness (QED) is 0.902. The molecule has 10 heteroatoms. The fourth-order valence-corrected chi connectivity index (χ4v) is 3.49. The Hall–Kier alpha value is -2.65. The van der Waals surface area contributed by atoms with Gasteiger partial charge in [0.15, 0.2) is 11.6 Å². The summed E-state index contributed by atoms with van der Waals surface area (Å²) in [5, 5.41) is 1.96. The lowest BCUT2D eigenvalue weighted by atomic mass is 10.1. The number of nitrogens with zero attached hydrogens (tertiary/aromatic N) is 5. The molecular formula is C15H15F3N6O. The molecule has 0 aromatic carbocycles. The van der Waals surface area contributed by atoms with Crippen LogP contribution in [0.1, 0.15) is 18.9 Å². The van der Waals surface area contributed by atoms with Crippen molar-refractivity contribution >= 4 is 18.1 Å². The van der Waals surface area contributed by atoms with E-state index in [9.17, 15) is 18.0 Å². The Labute approximate surface area is 140 Å². The number of carbonyl (C=O) groups is 1. The number of nitrogens with one attached hydrogen (secondary N) is 1. The van der Waals surface area contributed by atoms with Crippen LogP contribution in [0.4, 0.5) is 23.8 Å². The van der Waals surface area contributed by atoms with E-state index in [1.165, 1.54) is 4.90 Å². The van der Waals surface area contributed by atoms with E-state index in [2.05, 4.69) is 15.0 Å². The highest BCUT2D eigenvalue weighted by Gasteiger charge is 2.39. The summed E-state index contributed by atoms with van der Waals surface area (Å²) in [6.45, 7) is -0.916. The van der Waals surface area contributed by atoms with E-state index in [1.54, 1.807) is 18.6 Å². The summed E-state index contributed by atoms with van der Waals surface area (Å²) in [7, 11) is 0. The fraction of sp³-hybridized carbons (Fsp3) is 0.467. The Morgan fingerprint density at radius 1 is 1.36 bits per heavy atom. The molecule has 2 unspecified atom stereocenters. The first kappa shape index (κ1) is 15.9. The lowest BCUT2D eigenvalue weighted by Gasteiger charge is -2.30. The SMILES string of the molecule is O=C(NCC(F)(F)F)N1CCCC1C1C=Nc2cnc3nccc-3n21. The highest BCUT2D eigenvalue weighted by Crippen LogP contribution is 2.37. The molecule has 1 saturated heterocycles. The molecule has 2 atom stereocenters. The minimum absolute atomic E-state index is 0.246. The highest BCUT2D eigenvalue weighted by molar-refractivity contribution is 5.79. The van der Waals surface area contributed by atoms with Crippen LogP contribution < -0.4 is 5.32 Å². The molecule has 4 rings (SSSR count). The Kier molecular flexibility index (Phi) is 3.62. The molecule has 0 aromatic rings. The Bertz CT molecular complexity index is 801. The predicted molar refractivity (Wildman–Crippen MR) is 83.0 cm³/mol. The van der Waals surface area contributed by atoms with Crippen LogP contribution >= 0.6 is 0 Å². The molecule has 2 amide bonds. The summed E-state index contributed by atoms with van der Waals surface area (Å²) in [4.78, 5) is 26.4. The van der Waals surface area contributed by atoms with Gasteiger partial charge in [-0.25, -0.2) is 19.8 Å². The number of alkyl halides is 3. The van der Waals surface area contributed by atoms with Gasteiger partial charge < -0.3 is 14.8 Å². The number of carbonyl (C=O) groups excluding carboxylic acids is 1. The van der Waals surface area contributed by atoms with Gasteiger partial charge in [0.1, 0.15) is 6.54 Å². The number of hydrogen-bond acceptors (Lipinski definition) is 4. The van der Waals surface area contributed by atoms with Crippen molar-refractivity contribution in [1.82, 2.24) is 24.8 Å². The summed E-state index contributed by atoms with van der Waals surface area (Å²) < 4.78 is 39.0. The summed E-state index contributed by atoms with van der Waals surface area (Å²) in [5.41, 5.74) is 0.794. The van der Waals surface area contributed by atoms with E-state index in [-0.39, 0.29) is 12.1 Å². The van der Waals surface area contributed by atoms with Gasteiger partial charge in [-0.3, -0.25) is 0 Å². The van der Waals surface area contributed by atoms with Crippen molar-refractivity contribution < 1.29 is 18.0 Å². The largest absolute Gasteiger partial charge is 0.405 e. The van der Waals surface area contributed by atoms with Gasteiger partial charge in [0.05, 0.1) is 24.0 Å². The first-order valence-electron chi connectivity index (χ1n) is 7.91. The summed E-state index contributed by atoms with van der Waals surface area (Å²) >= 11 is 0. The van der Waals surface area contributed by atoms with Crippen LogP contribution in [0.3, 0.4) is 0 Å². The number of amides is 2. The van der Waals surface area contributed by atoms with Gasteiger partial charge in [-0.15, -0.1) is 0 Å². The highest BCUT2D eigenvalue weighted by atomic mass is 19.4. The minimum atomic E-state index is -4.43. The number of rotatable bonds is 2. The van der Waals surface area contributed by atoms with Crippen LogP contribution in [0.15, 0.2) is 23.5 Å². The van der Waals surface area contributed by atoms with Crippen molar-refractivity contribution in [3.8, 4) is 11.5 Å². The van der Waals surface area contributed by atoms with Gasteiger partial charge in [0.25, 0.3) is 0 Å². The molecule has 1 N–H and O–H groups in total. The number of halogens is 3. The van der Waals surface area contributed by atoms with Gasteiger partial charge in [0.2, 0.25) is 0 Å². The van der Waals surface area contributed by atoms with E-state index in [0.29, 0.717) is 24.6 Å². The molecule has 4 aliphatic rings. The summed E-state index contributed by atoms with van der Waals surface area (Å²) in [5.74, 6) is 1.22. The average Bonchev–Trinajstić information content (AvgIpc) is 3.27.